The molecule has 0 spiro atoms. The number of rotatable bonds is 5. The average molecular weight is 259 g/mol. The number of nitrogens with zero attached hydrogens (tertiary/aromatic N) is 3. The van der Waals surface area contributed by atoms with Crippen molar-refractivity contribution in [2.45, 2.75) is 19.4 Å². The molecule has 0 saturated heterocycles. The molecule has 98 valence electrons. The van der Waals surface area contributed by atoms with Gasteiger partial charge >= 0.3 is 5.82 Å². The molecule has 6 nitrogen and oxygen atoms in total. The monoisotopic (exact) mass is 259 g/mol. The molecule has 0 bridgehead atoms. The van der Waals surface area contributed by atoms with E-state index in [4.69, 9.17) is 0 Å². The molecule has 0 amide bonds. The standard InChI is InChI=1S/C13H13N3O3/c1-2-11(13(17)10-6-4-3-5-7-10)15-8-12(14-9-15)16(18)19/h3-9,11H,2H2,1H3. The van der Waals surface area contributed by atoms with Crippen molar-refractivity contribution in [3.63, 3.8) is 0 Å². The SMILES string of the molecule is CCC(C(=O)c1ccccc1)n1cnc([N+](=O)[O-])c1. The number of ketones is 1. The predicted molar refractivity (Wildman–Crippen MR) is 69.0 cm³/mol. The number of hydrogen-bond donors (Lipinski definition) is 0. The van der Waals surface area contributed by atoms with Crippen molar-refractivity contribution in [1.82, 2.24) is 9.55 Å². The fourth-order valence-corrected chi connectivity index (χ4v) is 1.92. The lowest BCUT2D eigenvalue weighted by Gasteiger charge is -2.13. The number of benzene rings is 1. The number of Topliss-reactive ketones (excluding diaryl/α,β-unsaturated/α-hetero) is 1. The summed E-state index contributed by atoms with van der Waals surface area (Å²) in [4.78, 5) is 26.0. The van der Waals surface area contributed by atoms with E-state index in [1.54, 1.807) is 24.3 Å². The Kier molecular flexibility index (Phi) is 3.70. The predicted octanol–water partition coefficient (Wildman–Crippen LogP) is 2.63. The first-order valence-corrected chi connectivity index (χ1v) is 5.90. The van der Waals surface area contributed by atoms with Crippen LogP contribution in [0, 0.1) is 10.1 Å². The summed E-state index contributed by atoms with van der Waals surface area (Å²) >= 11 is 0. The Labute approximate surface area is 109 Å². The maximum Gasteiger partial charge on any atom is 0.381 e. The molecular weight excluding hydrogens is 246 g/mol. The lowest BCUT2D eigenvalue weighted by atomic mass is 10.0. The first kappa shape index (κ1) is 12.9. The minimum absolute atomic E-state index is 0.0737. The van der Waals surface area contributed by atoms with Crippen LogP contribution in [0.4, 0.5) is 5.82 Å². The van der Waals surface area contributed by atoms with Crippen molar-refractivity contribution >= 4 is 11.6 Å². The first-order chi connectivity index (χ1) is 9.13. The zero-order chi connectivity index (χ0) is 13.8. The quantitative estimate of drug-likeness (QED) is 0.469. The van der Waals surface area contributed by atoms with Crippen LogP contribution in [0.2, 0.25) is 0 Å². The highest BCUT2D eigenvalue weighted by Crippen LogP contribution is 2.20. The average Bonchev–Trinajstić information content (AvgIpc) is 2.90. The highest BCUT2D eigenvalue weighted by molar-refractivity contribution is 5.98. The molecule has 0 aliphatic carbocycles. The molecule has 2 aromatic rings. The summed E-state index contributed by atoms with van der Waals surface area (Å²) in [5, 5.41) is 10.6. The molecule has 1 heterocycles. The summed E-state index contributed by atoms with van der Waals surface area (Å²) in [6.07, 6.45) is 3.16. The van der Waals surface area contributed by atoms with Gasteiger partial charge in [0, 0.05) is 5.56 Å². The third kappa shape index (κ3) is 2.67. The van der Waals surface area contributed by atoms with Crippen LogP contribution in [-0.4, -0.2) is 20.3 Å². The van der Waals surface area contributed by atoms with Gasteiger partial charge in [-0.3, -0.25) is 9.36 Å². The van der Waals surface area contributed by atoms with Crippen molar-refractivity contribution < 1.29 is 9.72 Å². The lowest BCUT2D eigenvalue weighted by molar-refractivity contribution is -0.389. The molecule has 0 N–H and O–H groups in total. The van der Waals surface area contributed by atoms with E-state index < -0.39 is 11.0 Å². The van der Waals surface area contributed by atoms with Crippen LogP contribution in [0.15, 0.2) is 42.9 Å². The van der Waals surface area contributed by atoms with E-state index in [1.807, 2.05) is 13.0 Å². The molecule has 0 aliphatic rings. The Morgan fingerprint density at radius 3 is 2.63 bits per heavy atom. The van der Waals surface area contributed by atoms with E-state index >= 15 is 0 Å². The lowest BCUT2D eigenvalue weighted by Crippen LogP contribution is -2.17. The van der Waals surface area contributed by atoms with E-state index in [-0.39, 0.29) is 11.6 Å². The van der Waals surface area contributed by atoms with Crippen LogP contribution in [0.5, 0.6) is 0 Å². The van der Waals surface area contributed by atoms with E-state index in [0.29, 0.717) is 12.0 Å². The van der Waals surface area contributed by atoms with Crippen molar-refractivity contribution in [3.05, 3.63) is 58.5 Å². The Bertz CT molecular complexity index is 592. The topological polar surface area (TPSA) is 78.0 Å². The maximum absolute atomic E-state index is 12.3. The molecule has 6 heteroatoms. The summed E-state index contributed by atoms with van der Waals surface area (Å²) in [5.41, 5.74) is 0.589. The van der Waals surface area contributed by atoms with Crippen molar-refractivity contribution in [1.29, 1.82) is 0 Å². The second-order valence-corrected chi connectivity index (χ2v) is 4.09. The second kappa shape index (κ2) is 5.43. The number of hydrogen-bond acceptors (Lipinski definition) is 4. The van der Waals surface area contributed by atoms with Gasteiger partial charge in [0.15, 0.2) is 5.78 Å². The minimum atomic E-state index is -0.573. The Balaban J connectivity index is 2.29. The van der Waals surface area contributed by atoms with Gasteiger partial charge in [0.2, 0.25) is 6.33 Å². The fraction of sp³-hybridized carbons (Fsp3) is 0.231. The summed E-state index contributed by atoms with van der Waals surface area (Å²) in [7, 11) is 0. The normalized spacial score (nSPS) is 12.1. The molecule has 1 atom stereocenters. The Morgan fingerprint density at radius 1 is 1.42 bits per heavy atom. The summed E-state index contributed by atoms with van der Waals surface area (Å²) < 4.78 is 1.49. The highest BCUT2D eigenvalue weighted by Gasteiger charge is 2.23. The van der Waals surface area contributed by atoms with Crippen LogP contribution in [0.3, 0.4) is 0 Å². The number of nitro groups is 1. The first-order valence-electron chi connectivity index (χ1n) is 5.90. The number of carbonyl (C=O) groups is 1. The largest absolute Gasteiger partial charge is 0.381 e. The van der Waals surface area contributed by atoms with Crippen LogP contribution in [-0.2, 0) is 0 Å². The minimum Gasteiger partial charge on any atom is -0.358 e. The molecule has 2 rings (SSSR count). The van der Waals surface area contributed by atoms with E-state index in [9.17, 15) is 14.9 Å². The maximum atomic E-state index is 12.3. The number of aromatic nitrogens is 2. The van der Waals surface area contributed by atoms with Crippen molar-refractivity contribution in [3.8, 4) is 0 Å². The molecule has 1 unspecified atom stereocenters. The van der Waals surface area contributed by atoms with Crippen LogP contribution >= 0.6 is 0 Å². The molecule has 0 saturated carbocycles. The Hall–Kier alpha value is -2.50. The smallest absolute Gasteiger partial charge is 0.358 e. The number of carbonyl (C=O) groups excluding carboxylic acids is 1. The van der Waals surface area contributed by atoms with Crippen molar-refractivity contribution in [2.75, 3.05) is 0 Å². The Morgan fingerprint density at radius 2 is 2.11 bits per heavy atom. The second-order valence-electron chi connectivity index (χ2n) is 4.09. The van der Waals surface area contributed by atoms with Crippen LogP contribution < -0.4 is 0 Å². The summed E-state index contributed by atoms with van der Waals surface area (Å²) in [6, 6.07) is 8.41. The molecule has 0 aliphatic heterocycles. The third-order valence-corrected chi connectivity index (χ3v) is 2.88. The third-order valence-electron chi connectivity index (χ3n) is 2.88. The molecule has 0 radical (unpaired) electrons. The number of imidazole rings is 1. The summed E-state index contributed by atoms with van der Waals surface area (Å²) in [5.74, 6) is -0.324. The van der Waals surface area contributed by atoms with E-state index in [0.717, 1.165) is 0 Å². The molecule has 19 heavy (non-hydrogen) atoms. The van der Waals surface area contributed by atoms with Gasteiger partial charge in [0.1, 0.15) is 6.20 Å². The summed E-state index contributed by atoms with van der Waals surface area (Å²) in [6.45, 7) is 1.86. The van der Waals surface area contributed by atoms with Gasteiger partial charge in [0.05, 0.1) is 6.04 Å². The van der Waals surface area contributed by atoms with Gasteiger partial charge < -0.3 is 10.1 Å². The van der Waals surface area contributed by atoms with Gasteiger partial charge in [-0.25, -0.2) is 0 Å². The van der Waals surface area contributed by atoms with E-state index in [1.165, 1.54) is 17.1 Å². The van der Waals surface area contributed by atoms with Crippen LogP contribution in [0.25, 0.3) is 0 Å². The van der Waals surface area contributed by atoms with Crippen LogP contribution in [0.1, 0.15) is 29.7 Å². The molecule has 1 aromatic carbocycles. The fourth-order valence-electron chi connectivity index (χ4n) is 1.92. The molecular formula is C13H13N3O3. The van der Waals surface area contributed by atoms with Gasteiger partial charge in [-0.15, -0.1) is 0 Å². The molecule has 1 aromatic heterocycles. The zero-order valence-electron chi connectivity index (χ0n) is 10.4. The van der Waals surface area contributed by atoms with Gasteiger partial charge in [-0.05, 0) is 16.3 Å². The van der Waals surface area contributed by atoms with Gasteiger partial charge in [0.25, 0.3) is 0 Å². The zero-order valence-corrected chi connectivity index (χ0v) is 10.4. The van der Waals surface area contributed by atoms with Crippen molar-refractivity contribution in [2.24, 2.45) is 0 Å². The molecule has 0 fully saturated rings. The van der Waals surface area contributed by atoms with Gasteiger partial charge in [-0.1, -0.05) is 37.3 Å². The highest BCUT2D eigenvalue weighted by atomic mass is 16.6. The van der Waals surface area contributed by atoms with E-state index in [2.05, 4.69) is 4.98 Å². The van der Waals surface area contributed by atoms with Gasteiger partial charge in [-0.2, -0.15) is 0 Å².